The molecule has 0 radical (unpaired) electrons. The van der Waals surface area contributed by atoms with Crippen LogP contribution in [0.3, 0.4) is 0 Å². The second-order valence-electron chi connectivity index (χ2n) is 0.412. The summed E-state index contributed by atoms with van der Waals surface area (Å²) >= 11 is 0. The molecule has 0 aliphatic carbocycles. The molecule has 6 heavy (non-hydrogen) atoms. The molecule has 0 saturated heterocycles. The summed E-state index contributed by atoms with van der Waals surface area (Å²) in [6.07, 6.45) is 0. The van der Waals surface area contributed by atoms with Crippen LogP contribution >= 0.6 is 0 Å². The Labute approximate surface area is 56.9 Å². The van der Waals surface area contributed by atoms with Crippen LogP contribution in [0.1, 0.15) is 0 Å². The molecule has 0 spiro atoms. The fourth-order valence-corrected chi connectivity index (χ4v) is 0. The Balaban J connectivity index is 0. The van der Waals surface area contributed by atoms with Crippen molar-refractivity contribution in [3.05, 3.63) is 0 Å². The molecule has 0 rings (SSSR count). The molecule has 0 unspecified atom stereocenters. The van der Waals surface area contributed by atoms with E-state index in [1.807, 2.05) is 0 Å². The van der Waals surface area contributed by atoms with Crippen molar-refractivity contribution in [2.24, 2.45) is 0 Å². The molecule has 0 aliphatic rings. The molecule has 0 atom stereocenters. The Hall–Kier alpha value is 0.840. The van der Waals surface area contributed by atoms with Gasteiger partial charge < -0.3 is 0 Å². The Morgan fingerprint density at radius 2 is 1.50 bits per heavy atom. The van der Waals surface area contributed by atoms with Crippen molar-refractivity contribution >= 4 is 40.1 Å². The SMILES string of the molecule is O=S(=O)(O)F.[NaH]. The van der Waals surface area contributed by atoms with E-state index < -0.39 is 10.5 Å². The first-order valence-electron chi connectivity index (χ1n) is 0.670. The summed E-state index contributed by atoms with van der Waals surface area (Å²) in [7, 11) is -5.17. The van der Waals surface area contributed by atoms with Gasteiger partial charge in [0.15, 0.2) is 0 Å². The number of halogens is 1. The molecule has 0 fully saturated rings. The van der Waals surface area contributed by atoms with Crippen molar-refractivity contribution < 1.29 is 16.9 Å². The van der Waals surface area contributed by atoms with Gasteiger partial charge >= 0.3 is 40.1 Å². The number of hydrogen-bond acceptors (Lipinski definition) is 2. The van der Waals surface area contributed by atoms with Crippen molar-refractivity contribution in [1.82, 2.24) is 0 Å². The van der Waals surface area contributed by atoms with Gasteiger partial charge in [-0.25, -0.2) is 0 Å². The fourth-order valence-electron chi connectivity index (χ4n) is 0. The third kappa shape index (κ3) is 101. The summed E-state index contributed by atoms with van der Waals surface area (Å²) in [6, 6.07) is 0. The van der Waals surface area contributed by atoms with Gasteiger partial charge in [-0.3, -0.25) is 4.55 Å². The van der Waals surface area contributed by atoms with Gasteiger partial charge in [0.1, 0.15) is 0 Å². The van der Waals surface area contributed by atoms with Gasteiger partial charge in [0.05, 0.1) is 0 Å². The molecule has 0 aromatic heterocycles. The molecule has 0 saturated carbocycles. The van der Waals surface area contributed by atoms with E-state index in [1.165, 1.54) is 0 Å². The molecular weight excluding hydrogens is 122 g/mol. The molecule has 6 heteroatoms. The molecular formula is H2FNaO3S. The van der Waals surface area contributed by atoms with Crippen molar-refractivity contribution in [2.75, 3.05) is 0 Å². The van der Waals surface area contributed by atoms with E-state index in [0.717, 1.165) is 0 Å². The quantitative estimate of drug-likeness (QED) is 0.259. The molecule has 1 N–H and O–H groups in total. The molecule has 0 aliphatic heterocycles. The first-order valence-corrected chi connectivity index (χ1v) is 2.01. The van der Waals surface area contributed by atoms with Gasteiger partial charge in [-0.15, -0.1) is 0 Å². The van der Waals surface area contributed by atoms with E-state index in [2.05, 4.69) is 0 Å². The average molecular weight is 124 g/mol. The van der Waals surface area contributed by atoms with Crippen LogP contribution in [0, 0.1) is 0 Å². The molecule has 34 valence electrons. The van der Waals surface area contributed by atoms with Crippen molar-refractivity contribution in [1.29, 1.82) is 0 Å². The van der Waals surface area contributed by atoms with Crippen LogP contribution in [0.15, 0.2) is 0 Å². The van der Waals surface area contributed by atoms with E-state index in [-0.39, 0.29) is 29.6 Å². The Kier molecular flexibility index (Phi) is 4.85. The van der Waals surface area contributed by atoms with Crippen LogP contribution in [0.5, 0.6) is 0 Å². The van der Waals surface area contributed by atoms with Crippen LogP contribution in [0.25, 0.3) is 0 Å². The summed E-state index contributed by atoms with van der Waals surface area (Å²) in [5.41, 5.74) is 0. The van der Waals surface area contributed by atoms with E-state index in [9.17, 15) is 3.89 Å². The molecule has 0 aromatic carbocycles. The number of rotatable bonds is 0. The van der Waals surface area contributed by atoms with Crippen LogP contribution < -0.4 is 0 Å². The molecule has 0 amide bonds. The van der Waals surface area contributed by atoms with Crippen molar-refractivity contribution in [3.8, 4) is 0 Å². The summed E-state index contributed by atoms with van der Waals surface area (Å²) < 4.78 is 34.1. The van der Waals surface area contributed by atoms with Crippen LogP contribution in [0.4, 0.5) is 3.89 Å². The second kappa shape index (κ2) is 2.92. The van der Waals surface area contributed by atoms with Crippen molar-refractivity contribution in [3.63, 3.8) is 0 Å². The molecule has 0 heterocycles. The summed E-state index contributed by atoms with van der Waals surface area (Å²) in [4.78, 5) is 0. The first kappa shape index (κ1) is 9.96. The van der Waals surface area contributed by atoms with E-state index >= 15 is 0 Å². The third-order valence-electron chi connectivity index (χ3n) is 0. The maximum absolute atomic E-state index is 10.2. The number of hydrogen-bond donors (Lipinski definition) is 1. The fraction of sp³-hybridized carbons (Fsp3) is 0. The van der Waals surface area contributed by atoms with Gasteiger partial charge in [0.25, 0.3) is 0 Å². The second-order valence-corrected chi connectivity index (χ2v) is 1.24. The van der Waals surface area contributed by atoms with Gasteiger partial charge in [0, 0.05) is 0 Å². The van der Waals surface area contributed by atoms with Crippen molar-refractivity contribution in [2.45, 2.75) is 0 Å². The zero-order chi connectivity index (χ0) is 4.50. The zero-order valence-corrected chi connectivity index (χ0v) is 2.87. The Bertz CT molecular complexity index is 94.0. The average Bonchev–Trinajstić information content (AvgIpc) is 0.722. The Morgan fingerprint density at radius 3 is 1.50 bits per heavy atom. The molecule has 3 nitrogen and oxygen atoms in total. The topological polar surface area (TPSA) is 54.4 Å². The van der Waals surface area contributed by atoms with E-state index in [1.54, 1.807) is 0 Å². The van der Waals surface area contributed by atoms with Gasteiger partial charge in [-0.05, 0) is 0 Å². The maximum atomic E-state index is 10.2. The van der Waals surface area contributed by atoms with Crippen LogP contribution in [0.2, 0.25) is 0 Å². The first-order chi connectivity index (χ1) is 2.00. The summed E-state index contributed by atoms with van der Waals surface area (Å²) in [5.74, 6) is 0. The molecule has 0 aromatic rings. The van der Waals surface area contributed by atoms with Gasteiger partial charge in [-0.1, -0.05) is 3.89 Å². The van der Waals surface area contributed by atoms with Crippen LogP contribution in [-0.4, -0.2) is 42.5 Å². The van der Waals surface area contributed by atoms with E-state index in [0.29, 0.717) is 0 Å². The van der Waals surface area contributed by atoms with Gasteiger partial charge in [-0.2, -0.15) is 8.42 Å². The monoisotopic (exact) mass is 124 g/mol. The normalized spacial score (nSPS) is 9.67. The standard InChI is InChI=1S/FHO3S.Na.H/c1-5(2,3)4;;/h(H,2,3,4);;. The summed E-state index contributed by atoms with van der Waals surface area (Å²) in [6.45, 7) is 0. The minimum atomic E-state index is -5.17. The van der Waals surface area contributed by atoms with Crippen LogP contribution in [-0.2, 0) is 10.5 Å². The third-order valence-corrected chi connectivity index (χ3v) is 0. The predicted molar refractivity (Wildman–Crippen MR) is 19.8 cm³/mol. The Morgan fingerprint density at radius 1 is 1.50 bits per heavy atom. The molecule has 0 bridgehead atoms. The minimum absolute atomic E-state index is 0. The summed E-state index contributed by atoms with van der Waals surface area (Å²) in [5, 5.41) is 0. The predicted octanol–water partition coefficient (Wildman–Crippen LogP) is -0.890. The van der Waals surface area contributed by atoms with E-state index in [4.69, 9.17) is 13.0 Å². The van der Waals surface area contributed by atoms with Gasteiger partial charge in [0.2, 0.25) is 0 Å². The zero-order valence-electron chi connectivity index (χ0n) is 2.05.